The summed E-state index contributed by atoms with van der Waals surface area (Å²) in [6.45, 7) is 2.62. The molecule has 0 N–H and O–H groups in total. The lowest BCUT2D eigenvalue weighted by molar-refractivity contribution is -0.384. The van der Waals surface area contributed by atoms with Crippen molar-refractivity contribution >= 4 is 17.3 Å². The zero-order chi connectivity index (χ0) is 17.6. The maximum absolute atomic E-state index is 12.2. The van der Waals surface area contributed by atoms with E-state index >= 15 is 0 Å². The number of rotatable bonds is 5. The Morgan fingerprint density at radius 2 is 1.64 bits per heavy atom. The number of piperazine rings is 1. The Hall–Kier alpha value is -3.09. The summed E-state index contributed by atoms with van der Waals surface area (Å²) in [5, 5.41) is 10.7. The molecule has 7 nitrogen and oxygen atoms in total. The van der Waals surface area contributed by atoms with Crippen LogP contribution in [0.1, 0.15) is 0 Å². The summed E-state index contributed by atoms with van der Waals surface area (Å²) in [7, 11) is 0. The highest BCUT2D eigenvalue weighted by molar-refractivity contribution is 5.78. The molecule has 1 fully saturated rings. The SMILES string of the molecule is O=C(COc1ccccc1)N1CCN(c2ccc([N+](=O)[O-])cc2)CC1. The molecule has 1 saturated heterocycles. The number of nitro groups is 1. The number of anilines is 1. The highest BCUT2D eigenvalue weighted by Crippen LogP contribution is 2.20. The minimum Gasteiger partial charge on any atom is -0.484 e. The number of non-ortho nitro benzene ring substituents is 1. The number of ether oxygens (including phenoxy) is 1. The van der Waals surface area contributed by atoms with E-state index < -0.39 is 4.92 Å². The third-order valence-electron chi connectivity index (χ3n) is 4.16. The topological polar surface area (TPSA) is 75.9 Å². The van der Waals surface area contributed by atoms with Gasteiger partial charge in [-0.3, -0.25) is 14.9 Å². The molecule has 2 aromatic carbocycles. The number of nitrogens with zero attached hydrogens (tertiary/aromatic N) is 3. The highest BCUT2D eigenvalue weighted by atomic mass is 16.6. The van der Waals surface area contributed by atoms with Crippen LogP contribution in [0, 0.1) is 10.1 Å². The van der Waals surface area contributed by atoms with Crippen molar-refractivity contribution in [1.82, 2.24) is 4.90 Å². The normalized spacial score (nSPS) is 14.2. The average Bonchev–Trinajstić information content (AvgIpc) is 2.67. The molecule has 0 unspecified atom stereocenters. The first-order valence-electron chi connectivity index (χ1n) is 8.08. The summed E-state index contributed by atoms with van der Waals surface area (Å²) in [6.07, 6.45) is 0. The minimum absolute atomic E-state index is 0.0293. The Morgan fingerprint density at radius 1 is 1.00 bits per heavy atom. The average molecular weight is 341 g/mol. The Labute approximate surface area is 145 Å². The molecule has 0 radical (unpaired) electrons. The fraction of sp³-hybridized carbons (Fsp3) is 0.278. The van der Waals surface area contributed by atoms with Crippen molar-refractivity contribution in [3.8, 4) is 5.75 Å². The van der Waals surface area contributed by atoms with Gasteiger partial charge in [-0.15, -0.1) is 0 Å². The molecular formula is C18H19N3O4. The lowest BCUT2D eigenvalue weighted by Crippen LogP contribution is -2.50. The quantitative estimate of drug-likeness (QED) is 0.616. The third-order valence-corrected chi connectivity index (χ3v) is 4.16. The van der Waals surface area contributed by atoms with Gasteiger partial charge in [0, 0.05) is 44.0 Å². The van der Waals surface area contributed by atoms with Gasteiger partial charge < -0.3 is 14.5 Å². The first-order valence-corrected chi connectivity index (χ1v) is 8.08. The smallest absolute Gasteiger partial charge is 0.269 e. The Kier molecular flexibility index (Phi) is 5.13. The van der Waals surface area contributed by atoms with Crippen molar-refractivity contribution in [2.75, 3.05) is 37.7 Å². The number of hydrogen-bond acceptors (Lipinski definition) is 5. The van der Waals surface area contributed by atoms with Gasteiger partial charge in [0.1, 0.15) is 5.75 Å². The zero-order valence-electron chi connectivity index (χ0n) is 13.7. The molecule has 1 aliphatic heterocycles. The van der Waals surface area contributed by atoms with Gasteiger partial charge in [-0.1, -0.05) is 18.2 Å². The zero-order valence-corrected chi connectivity index (χ0v) is 13.7. The van der Waals surface area contributed by atoms with Gasteiger partial charge in [-0.2, -0.15) is 0 Å². The van der Waals surface area contributed by atoms with E-state index in [1.165, 1.54) is 12.1 Å². The molecule has 1 aliphatic rings. The van der Waals surface area contributed by atoms with E-state index in [0.717, 1.165) is 5.69 Å². The molecule has 1 heterocycles. The van der Waals surface area contributed by atoms with Crippen LogP contribution in [0.25, 0.3) is 0 Å². The van der Waals surface area contributed by atoms with Crippen LogP contribution in [0.2, 0.25) is 0 Å². The molecule has 0 saturated carbocycles. The molecule has 7 heteroatoms. The predicted octanol–water partition coefficient (Wildman–Crippen LogP) is 2.32. The largest absolute Gasteiger partial charge is 0.484 e. The first-order chi connectivity index (χ1) is 12.1. The molecule has 0 aromatic heterocycles. The molecule has 2 aromatic rings. The Morgan fingerprint density at radius 3 is 2.24 bits per heavy atom. The van der Waals surface area contributed by atoms with Crippen molar-refractivity contribution in [3.63, 3.8) is 0 Å². The summed E-state index contributed by atoms with van der Waals surface area (Å²) in [6, 6.07) is 15.8. The van der Waals surface area contributed by atoms with Crippen LogP contribution in [-0.2, 0) is 4.79 Å². The van der Waals surface area contributed by atoms with Crippen molar-refractivity contribution in [3.05, 3.63) is 64.7 Å². The molecule has 1 amide bonds. The van der Waals surface area contributed by atoms with E-state index in [1.54, 1.807) is 17.0 Å². The summed E-state index contributed by atoms with van der Waals surface area (Å²) < 4.78 is 5.50. The fourth-order valence-corrected chi connectivity index (χ4v) is 2.75. The number of carbonyl (C=O) groups is 1. The molecule has 130 valence electrons. The van der Waals surface area contributed by atoms with E-state index in [-0.39, 0.29) is 18.2 Å². The van der Waals surface area contributed by atoms with Gasteiger partial charge in [0.15, 0.2) is 6.61 Å². The maximum atomic E-state index is 12.2. The van der Waals surface area contributed by atoms with Gasteiger partial charge in [0.25, 0.3) is 11.6 Å². The lowest BCUT2D eigenvalue weighted by atomic mass is 10.2. The summed E-state index contributed by atoms with van der Waals surface area (Å²) >= 11 is 0. The van der Waals surface area contributed by atoms with Crippen molar-refractivity contribution in [1.29, 1.82) is 0 Å². The minimum atomic E-state index is -0.410. The number of nitro benzene ring substituents is 1. The number of para-hydroxylation sites is 1. The van der Waals surface area contributed by atoms with Crippen LogP contribution in [-0.4, -0.2) is 48.5 Å². The number of hydrogen-bond donors (Lipinski definition) is 0. The van der Waals surface area contributed by atoms with E-state index in [4.69, 9.17) is 4.74 Å². The molecule has 0 aliphatic carbocycles. The standard InChI is InChI=1S/C18H19N3O4/c22-18(14-25-17-4-2-1-3-5-17)20-12-10-19(11-13-20)15-6-8-16(9-7-15)21(23)24/h1-9H,10-14H2. The van der Waals surface area contributed by atoms with E-state index in [9.17, 15) is 14.9 Å². The lowest BCUT2D eigenvalue weighted by Gasteiger charge is -2.36. The van der Waals surface area contributed by atoms with Crippen LogP contribution < -0.4 is 9.64 Å². The molecular weight excluding hydrogens is 322 g/mol. The second kappa shape index (κ2) is 7.65. The summed E-state index contributed by atoms with van der Waals surface area (Å²) in [4.78, 5) is 26.4. The van der Waals surface area contributed by atoms with Gasteiger partial charge in [-0.25, -0.2) is 0 Å². The molecule has 0 spiro atoms. The van der Waals surface area contributed by atoms with Crippen LogP contribution in [0.3, 0.4) is 0 Å². The Balaban J connectivity index is 1.49. The van der Waals surface area contributed by atoms with Gasteiger partial charge in [0.2, 0.25) is 0 Å². The van der Waals surface area contributed by atoms with Crippen LogP contribution >= 0.6 is 0 Å². The third kappa shape index (κ3) is 4.26. The van der Waals surface area contributed by atoms with Gasteiger partial charge in [0.05, 0.1) is 4.92 Å². The van der Waals surface area contributed by atoms with E-state index in [2.05, 4.69) is 4.90 Å². The second-order valence-electron chi connectivity index (χ2n) is 5.74. The monoisotopic (exact) mass is 341 g/mol. The number of amides is 1. The maximum Gasteiger partial charge on any atom is 0.269 e. The van der Waals surface area contributed by atoms with Crippen molar-refractivity contribution in [2.45, 2.75) is 0 Å². The van der Waals surface area contributed by atoms with Crippen molar-refractivity contribution < 1.29 is 14.5 Å². The van der Waals surface area contributed by atoms with E-state index in [1.807, 2.05) is 30.3 Å². The first kappa shape index (κ1) is 16.8. The second-order valence-corrected chi connectivity index (χ2v) is 5.74. The molecule has 0 atom stereocenters. The number of benzene rings is 2. The molecule has 25 heavy (non-hydrogen) atoms. The highest BCUT2D eigenvalue weighted by Gasteiger charge is 2.22. The fourth-order valence-electron chi connectivity index (χ4n) is 2.75. The summed E-state index contributed by atoms with van der Waals surface area (Å²) in [5.41, 5.74) is 1.01. The predicted molar refractivity (Wildman–Crippen MR) is 93.8 cm³/mol. The van der Waals surface area contributed by atoms with E-state index in [0.29, 0.717) is 31.9 Å². The van der Waals surface area contributed by atoms with Gasteiger partial charge in [-0.05, 0) is 24.3 Å². The summed E-state index contributed by atoms with van der Waals surface area (Å²) in [5.74, 6) is 0.646. The van der Waals surface area contributed by atoms with Crippen LogP contribution in [0.4, 0.5) is 11.4 Å². The molecule has 0 bridgehead atoms. The van der Waals surface area contributed by atoms with Crippen LogP contribution in [0.5, 0.6) is 5.75 Å². The Bertz CT molecular complexity index is 726. The van der Waals surface area contributed by atoms with Crippen molar-refractivity contribution in [2.24, 2.45) is 0 Å². The number of carbonyl (C=O) groups excluding carboxylic acids is 1. The molecule has 3 rings (SSSR count). The van der Waals surface area contributed by atoms with Crippen LogP contribution in [0.15, 0.2) is 54.6 Å². The van der Waals surface area contributed by atoms with Gasteiger partial charge >= 0.3 is 0 Å².